The maximum Gasteiger partial charge on any atom is 0.327 e. The number of rotatable bonds is 2. The molecule has 0 aromatic carbocycles. The van der Waals surface area contributed by atoms with Crippen LogP contribution < -0.4 is 0 Å². The number of aromatic nitrogens is 2. The summed E-state index contributed by atoms with van der Waals surface area (Å²) in [7, 11) is 1.58. The highest BCUT2D eigenvalue weighted by Crippen LogP contribution is 2.12. The van der Waals surface area contributed by atoms with Crippen LogP contribution in [0.1, 0.15) is 5.69 Å². The lowest BCUT2D eigenvalue weighted by Gasteiger charge is -2.12. The Bertz CT molecular complexity index is 434. The first-order valence-corrected chi connectivity index (χ1v) is 4.97. The number of hydrogen-bond acceptors (Lipinski definition) is 4. The SMILES string of the molecule is CN1CC(=O)N(Cc2cnc(Cl)cn2)C1=O. The molecule has 1 saturated heterocycles. The van der Waals surface area contributed by atoms with Gasteiger partial charge in [0.1, 0.15) is 11.7 Å². The van der Waals surface area contributed by atoms with Crippen molar-refractivity contribution in [3.05, 3.63) is 23.2 Å². The average Bonchev–Trinajstić information content (AvgIpc) is 2.48. The van der Waals surface area contributed by atoms with Crippen LogP contribution in [0.5, 0.6) is 0 Å². The van der Waals surface area contributed by atoms with Gasteiger partial charge in [-0.15, -0.1) is 0 Å². The van der Waals surface area contributed by atoms with Gasteiger partial charge in [0.25, 0.3) is 5.91 Å². The van der Waals surface area contributed by atoms with E-state index >= 15 is 0 Å². The summed E-state index contributed by atoms with van der Waals surface area (Å²) >= 11 is 5.58. The number of carbonyl (C=O) groups is 2. The highest BCUT2D eigenvalue weighted by Gasteiger charge is 2.33. The van der Waals surface area contributed by atoms with Gasteiger partial charge in [0.15, 0.2) is 0 Å². The fraction of sp³-hybridized carbons (Fsp3) is 0.333. The lowest BCUT2D eigenvalue weighted by Crippen LogP contribution is -2.31. The van der Waals surface area contributed by atoms with E-state index in [0.717, 1.165) is 4.90 Å². The number of urea groups is 1. The molecule has 0 saturated carbocycles. The van der Waals surface area contributed by atoms with Crippen LogP contribution in [0.4, 0.5) is 4.79 Å². The zero-order chi connectivity index (χ0) is 11.7. The number of carbonyl (C=O) groups excluding carboxylic acids is 2. The van der Waals surface area contributed by atoms with Gasteiger partial charge in [0.2, 0.25) is 0 Å². The minimum atomic E-state index is -0.318. The molecule has 2 heterocycles. The van der Waals surface area contributed by atoms with E-state index in [4.69, 9.17) is 11.6 Å². The molecular formula is C9H9ClN4O2. The third-order valence-electron chi connectivity index (χ3n) is 2.22. The van der Waals surface area contributed by atoms with Gasteiger partial charge in [0, 0.05) is 7.05 Å². The fourth-order valence-corrected chi connectivity index (χ4v) is 1.50. The Labute approximate surface area is 96.8 Å². The predicted octanol–water partition coefficient (Wildman–Crippen LogP) is 0.524. The van der Waals surface area contributed by atoms with E-state index in [1.54, 1.807) is 7.05 Å². The van der Waals surface area contributed by atoms with Crippen LogP contribution in [0.15, 0.2) is 12.4 Å². The Morgan fingerprint density at radius 3 is 2.62 bits per heavy atom. The molecule has 16 heavy (non-hydrogen) atoms. The van der Waals surface area contributed by atoms with E-state index in [9.17, 15) is 9.59 Å². The van der Waals surface area contributed by atoms with E-state index in [1.165, 1.54) is 17.3 Å². The third kappa shape index (κ3) is 1.96. The van der Waals surface area contributed by atoms with E-state index in [1.807, 2.05) is 0 Å². The molecule has 6 nitrogen and oxygen atoms in total. The van der Waals surface area contributed by atoms with Crippen LogP contribution in [-0.4, -0.2) is 45.3 Å². The smallest absolute Gasteiger partial charge is 0.318 e. The van der Waals surface area contributed by atoms with Crippen molar-refractivity contribution in [3.8, 4) is 0 Å². The van der Waals surface area contributed by atoms with Gasteiger partial charge in [-0.3, -0.25) is 14.7 Å². The van der Waals surface area contributed by atoms with Crippen molar-refractivity contribution in [1.82, 2.24) is 19.8 Å². The summed E-state index contributed by atoms with van der Waals surface area (Å²) in [4.78, 5) is 33.3. The molecule has 0 unspecified atom stereocenters. The van der Waals surface area contributed by atoms with Crippen molar-refractivity contribution >= 4 is 23.5 Å². The number of imide groups is 1. The summed E-state index contributed by atoms with van der Waals surface area (Å²) in [6, 6.07) is -0.318. The van der Waals surface area contributed by atoms with Crippen molar-refractivity contribution in [3.63, 3.8) is 0 Å². The van der Waals surface area contributed by atoms with Gasteiger partial charge in [0.05, 0.1) is 24.6 Å². The molecule has 0 aliphatic carbocycles. The molecule has 1 aromatic heterocycles. The van der Waals surface area contributed by atoms with Crippen LogP contribution in [0.25, 0.3) is 0 Å². The standard InChI is InChI=1S/C9H9ClN4O2/c1-13-5-8(15)14(9(13)16)4-6-2-12-7(10)3-11-6/h2-3H,4-5H2,1H3. The van der Waals surface area contributed by atoms with Crippen molar-refractivity contribution in [2.24, 2.45) is 0 Å². The van der Waals surface area contributed by atoms with Gasteiger partial charge in [-0.2, -0.15) is 0 Å². The third-order valence-corrected chi connectivity index (χ3v) is 2.42. The zero-order valence-electron chi connectivity index (χ0n) is 8.55. The molecule has 2 rings (SSSR count). The van der Waals surface area contributed by atoms with Crippen molar-refractivity contribution < 1.29 is 9.59 Å². The molecule has 1 aliphatic heterocycles. The maximum absolute atomic E-state index is 11.5. The summed E-state index contributed by atoms with van der Waals surface area (Å²) in [5.74, 6) is -0.232. The maximum atomic E-state index is 11.5. The second-order valence-electron chi connectivity index (χ2n) is 3.45. The van der Waals surface area contributed by atoms with Crippen molar-refractivity contribution in [2.75, 3.05) is 13.6 Å². The number of hydrogen-bond donors (Lipinski definition) is 0. The van der Waals surface area contributed by atoms with Crippen LogP contribution in [0, 0.1) is 0 Å². The molecule has 7 heteroatoms. The molecule has 0 atom stereocenters. The van der Waals surface area contributed by atoms with Crippen molar-refractivity contribution in [2.45, 2.75) is 6.54 Å². The Kier molecular flexibility index (Phi) is 2.74. The Morgan fingerprint density at radius 1 is 1.38 bits per heavy atom. The first-order chi connectivity index (χ1) is 7.58. The molecule has 84 valence electrons. The number of amides is 3. The molecule has 0 spiro atoms. The fourth-order valence-electron chi connectivity index (χ4n) is 1.41. The van der Waals surface area contributed by atoms with Crippen LogP contribution in [0.3, 0.4) is 0 Å². The van der Waals surface area contributed by atoms with E-state index < -0.39 is 0 Å². The number of likely N-dealkylation sites (N-methyl/N-ethyl adjacent to an activating group) is 1. The second kappa shape index (κ2) is 4.05. The first kappa shape index (κ1) is 10.8. The lowest BCUT2D eigenvalue weighted by atomic mass is 10.4. The summed E-state index contributed by atoms with van der Waals surface area (Å²) < 4.78 is 0. The van der Waals surface area contributed by atoms with E-state index in [0.29, 0.717) is 5.69 Å². The van der Waals surface area contributed by atoms with Gasteiger partial charge in [-0.05, 0) is 0 Å². The molecule has 1 fully saturated rings. The number of halogens is 1. The van der Waals surface area contributed by atoms with Gasteiger partial charge in [-0.25, -0.2) is 9.78 Å². The Morgan fingerprint density at radius 2 is 2.12 bits per heavy atom. The quantitative estimate of drug-likeness (QED) is 0.707. The number of nitrogens with zero attached hydrogens (tertiary/aromatic N) is 4. The van der Waals surface area contributed by atoms with E-state index in [2.05, 4.69) is 9.97 Å². The van der Waals surface area contributed by atoms with E-state index in [-0.39, 0.29) is 30.2 Å². The van der Waals surface area contributed by atoms with Gasteiger partial charge in [-0.1, -0.05) is 11.6 Å². The van der Waals surface area contributed by atoms with Crippen molar-refractivity contribution in [1.29, 1.82) is 0 Å². The Balaban J connectivity index is 2.13. The monoisotopic (exact) mass is 240 g/mol. The predicted molar refractivity (Wildman–Crippen MR) is 55.6 cm³/mol. The molecular weight excluding hydrogens is 232 g/mol. The van der Waals surface area contributed by atoms with Crippen LogP contribution in [0.2, 0.25) is 5.15 Å². The highest BCUT2D eigenvalue weighted by atomic mass is 35.5. The molecule has 0 bridgehead atoms. The Hall–Kier alpha value is -1.69. The summed E-state index contributed by atoms with van der Waals surface area (Å²) in [5.41, 5.74) is 0.529. The van der Waals surface area contributed by atoms with Gasteiger partial charge < -0.3 is 4.90 Å². The minimum Gasteiger partial charge on any atom is -0.318 e. The largest absolute Gasteiger partial charge is 0.327 e. The van der Waals surface area contributed by atoms with Crippen LogP contribution >= 0.6 is 11.6 Å². The summed E-state index contributed by atoms with van der Waals surface area (Å²) in [6.07, 6.45) is 2.83. The first-order valence-electron chi connectivity index (χ1n) is 4.60. The molecule has 1 aromatic rings. The van der Waals surface area contributed by atoms with Crippen LogP contribution in [-0.2, 0) is 11.3 Å². The average molecular weight is 241 g/mol. The molecule has 3 amide bonds. The van der Waals surface area contributed by atoms with Gasteiger partial charge >= 0.3 is 6.03 Å². The topological polar surface area (TPSA) is 66.4 Å². The second-order valence-corrected chi connectivity index (χ2v) is 3.84. The minimum absolute atomic E-state index is 0.111. The lowest BCUT2D eigenvalue weighted by molar-refractivity contribution is -0.125. The summed E-state index contributed by atoms with van der Waals surface area (Å²) in [6.45, 7) is 0.242. The molecule has 0 radical (unpaired) electrons. The highest BCUT2D eigenvalue weighted by molar-refractivity contribution is 6.29. The molecule has 0 N–H and O–H groups in total. The zero-order valence-corrected chi connectivity index (χ0v) is 9.31. The normalized spacial score (nSPS) is 16.1. The summed E-state index contributed by atoms with van der Waals surface area (Å²) in [5, 5.41) is 0.278. The molecule has 1 aliphatic rings.